The molecule has 0 aromatic carbocycles. The van der Waals surface area contributed by atoms with Crippen molar-refractivity contribution in [3.05, 3.63) is 0 Å². The molecule has 4 saturated carbocycles. The van der Waals surface area contributed by atoms with Crippen molar-refractivity contribution in [1.29, 1.82) is 0 Å². The van der Waals surface area contributed by atoms with Crippen molar-refractivity contribution in [1.82, 2.24) is 0 Å². The molecule has 0 aromatic rings. The molecule has 94 valence electrons. The maximum absolute atomic E-state index is 12.2. The van der Waals surface area contributed by atoms with Crippen LogP contribution in [-0.2, 0) is 23.9 Å². The molecule has 4 aliphatic carbocycles. The number of methoxy groups -OCH3 is 1. The largest absolute Gasteiger partial charge is 0.469 e. The quantitative estimate of drug-likeness (QED) is 0.492. The van der Waals surface area contributed by atoms with Crippen LogP contribution in [0.4, 0.5) is 0 Å². The van der Waals surface area contributed by atoms with Gasteiger partial charge in [-0.3, -0.25) is 14.4 Å². The summed E-state index contributed by atoms with van der Waals surface area (Å²) < 4.78 is 9.82. The number of hydrogen-bond donors (Lipinski definition) is 0. The molecule has 4 unspecified atom stereocenters. The SMILES string of the molecule is COC(=O)C12C3CC45C(=O)OC(=O)C4(CC31)C25C. The van der Waals surface area contributed by atoms with Crippen molar-refractivity contribution in [3.63, 3.8) is 0 Å². The number of rotatable bonds is 1. The first-order valence-corrected chi connectivity index (χ1v) is 6.32. The summed E-state index contributed by atoms with van der Waals surface area (Å²) in [6, 6.07) is 0. The molecule has 5 rings (SSSR count). The van der Waals surface area contributed by atoms with E-state index < -0.39 is 33.6 Å². The van der Waals surface area contributed by atoms with Gasteiger partial charge in [0.05, 0.1) is 23.4 Å². The molecule has 1 heterocycles. The molecule has 0 N–H and O–H groups in total. The third-order valence-corrected chi connectivity index (χ3v) is 7.20. The van der Waals surface area contributed by atoms with Crippen molar-refractivity contribution in [2.75, 3.05) is 7.11 Å². The highest BCUT2D eigenvalue weighted by molar-refractivity contribution is 6.13. The molecular formula is C13H12O5. The second kappa shape index (κ2) is 1.92. The molecule has 0 amide bonds. The number of carbonyl (C=O) groups excluding carboxylic acids is 3. The summed E-state index contributed by atoms with van der Waals surface area (Å²) in [7, 11) is 1.38. The molecule has 1 saturated heterocycles. The van der Waals surface area contributed by atoms with E-state index in [0.29, 0.717) is 12.8 Å². The average Bonchev–Trinajstić information content (AvgIpc) is 3.02. The van der Waals surface area contributed by atoms with Crippen LogP contribution < -0.4 is 0 Å². The Kier molecular flexibility index (Phi) is 1.02. The Labute approximate surface area is 103 Å². The molecule has 1 aliphatic heterocycles. The maximum atomic E-state index is 12.2. The van der Waals surface area contributed by atoms with Crippen LogP contribution in [0.25, 0.3) is 0 Å². The third-order valence-electron chi connectivity index (χ3n) is 7.20. The van der Waals surface area contributed by atoms with E-state index in [-0.39, 0.29) is 17.8 Å². The highest BCUT2D eigenvalue weighted by Gasteiger charge is 3.14. The summed E-state index contributed by atoms with van der Waals surface area (Å²) in [6.07, 6.45) is 1.27. The summed E-state index contributed by atoms with van der Waals surface area (Å²) in [4.78, 5) is 36.4. The standard InChI is InChI=1S/C13H12O5/c1-10-11-3-5-6(13(5,10)9(16)17-2)4-12(10,11)8(15)18-7(11)14/h5-6H,3-4H2,1-2H3. The van der Waals surface area contributed by atoms with Gasteiger partial charge in [0.25, 0.3) is 0 Å². The minimum absolute atomic E-state index is 0.218. The van der Waals surface area contributed by atoms with Gasteiger partial charge in [0, 0.05) is 5.41 Å². The fourth-order valence-electron chi connectivity index (χ4n) is 6.75. The normalized spacial score (nSPS) is 64.3. The molecule has 0 bridgehead atoms. The van der Waals surface area contributed by atoms with Crippen LogP contribution in [0.15, 0.2) is 0 Å². The monoisotopic (exact) mass is 248 g/mol. The Balaban J connectivity index is 1.80. The highest BCUT2D eigenvalue weighted by Crippen LogP contribution is 3.08. The lowest BCUT2D eigenvalue weighted by Crippen LogP contribution is -2.34. The summed E-state index contributed by atoms with van der Waals surface area (Å²) in [5, 5.41) is 0. The molecule has 5 aliphatic rings. The van der Waals surface area contributed by atoms with Crippen molar-refractivity contribution in [2.24, 2.45) is 33.5 Å². The first kappa shape index (κ1) is 9.53. The summed E-state index contributed by atoms with van der Waals surface area (Å²) in [6.45, 7) is 1.93. The van der Waals surface area contributed by atoms with Crippen LogP contribution in [0.2, 0.25) is 0 Å². The topological polar surface area (TPSA) is 69.7 Å². The molecule has 18 heavy (non-hydrogen) atoms. The molecule has 4 atom stereocenters. The fourth-order valence-corrected chi connectivity index (χ4v) is 6.75. The predicted molar refractivity (Wildman–Crippen MR) is 54.7 cm³/mol. The first-order valence-electron chi connectivity index (χ1n) is 6.32. The van der Waals surface area contributed by atoms with E-state index in [2.05, 4.69) is 0 Å². The van der Waals surface area contributed by atoms with Crippen LogP contribution in [-0.4, -0.2) is 25.0 Å². The lowest BCUT2D eigenvalue weighted by molar-refractivity contribution is -0.162. The van der Waals surface area contributed by atoms with Crippen LogP contribution in [0.1, 0.15) is 19.8 Å². The van der Waals surface area contributed by atoms with Gasteiger partial charge in [-0.15, -0.1) is 0 Å². The lowest BCUT2D eigenvalue weighted by atomic mass is 9.81. The Hall–Kier alpha value is -1.39. The van der Waals surface area contributed by atoms with Crippen molar-refractivity contribution < 1.29 is 23.9 Å². The minimum Gasteiger partial charge on any atom is -0.469 e. The summed E-state index contributed by atoms with van der Waals surface area (Å²) in [5.74, 6) is -0.595. The molecule has 5 fully saturated rings. The Morgan fingerprint density at radius 3 is 2.17 bits per heavy atom. The number of cyclic esters (lactones) is 2. The Bertz CT molecular complexity index is 556. The molecular weight excluding hydrogens is 236 g/mol. The molecule has 5 heteroatoms. The second-order valence-electron chi connectivity index (χ2n) is 6.59. The first-order chi connectivity index (χ1) is 8.46. The second-order valence-corrected chi connectivity index (χ2v) is 6.59. The number of carbonyl (C=O) groups is 3. The molecule has 0 aromatic heterocycles. The minimum atomic E-state index is -0.704. The molecule has 2 spiro atoms. The van der Waals surface area contributed by atoms with Gasteiger partial charge in [0.1, 0.15) is 0 Å². The van der Waals surface area contributed by atoms with Crippen LogP contribution >= 0.6 is 0 Å². The van der Waals surface area contributed by atoms with Gasteiger partial charge in [-0.2, -0.15) is 0 Å². The zero-order valence-corrected chi connectivity index (χ0v) is 10.1. The van der Waals surface area contributed by atoms with Gasteiger partial charge >= 0.3 is 17.9 Å². The van der Waals surface area contributed by atoms with Gasteiger partial charge in [0.2, 0.25) is 0 Å². The zero-order chi connectivity index (χ0) is 12.7. The van der Waals surface area contributed by atoms with E-state index in [1.54, 1.807) is 0 Å². The summed E-state index contributed by atoms with van der Waals surface area (Å²) in [5.41, 5.74) is -2.52. The lowest BCUT2D eigenvalue weighted by Gasteiger charge is -2.23. The summed E-state index contributed by atoms with van der Waals surface area (Å²) >= 11 is 0. The number of fused-ring (bicyclic) bond motifs is 1. The molecule has 5 nitrogen and oxygen atoms in total. The van der Waals surface area contributed by atoms with Gasteiger partial charge in [-0.05, 0) is 24.7 Å². The van der Waals surface area contributed by atoms with Gasteiger partial charge in [-0.25, -0.2) is 0 Å². The predicted octanol–water partition coefficient (Wildman–Crippen LogP) is 0.275. The van der Waals surface area contributed by atoms with Crippen molar-refractivity contribution >= 4 is 17.9 Å². The number of ether oxygens (including phenoxy) is 2. The Morgan fingerprint density at radius 2 is 1.72 bits per heavy atom. The average molecular weight is 248 g/mol. The van der Waals surface area contributed by atoms with Crippen LogP contribution in [0.3, 0.4) is 0 Å². The maximum Gasteiger partial charge on any atom is 0.321 e. The van der Waals surface area contributed by atoms with Crippen LogP contribution in [0, 0.1) is 33.5 Å². The third kappa shape index (κ3) is 0.416. The molecule has 0 radical (unpaired) electrons. The Morgan fingerprint density at radius 1 is 1.22 bits per heavy atom. The smallest absolute Gasteiger partial charge is 0.321 e. The van der Waals surface area contributed by atoms with E-state index in [1.165, 1.54) is 7.11 Å². The zero-order valence-electron chi connectivity index (χ0n) is 10.1. The van der Waals surface area contributed by atoms with E-state index in [0.717, 1.165) is 0 Å². The van der Waals surface area contributed by atoms with Crippen molar-refractivity contribution in [3.8, 4) is 0 Å². The van der Waals surface area contributed by atoms with E-state index >= 15 is 0 Å². The van der Waals surface area contributed by atoms with E-state index in [9.17, 15) is 14.4 Å². The fraction of sp³-hybridized carbons (Fsp3) is 0.769. The van der Waals surface area contributed by atoms with Gasteiger partial charge in [0.15, 0.2) is 0 Å². The van der Waals surface area contributed by atoms with E-state index in [1.807, 2.05) is 6.92 Å². The van der Waals surface area contributed by atoms with E-state index in [4.69, 9.17) is 9.47 Å². The van der Waals surface area contributed by atoms with Crippen LogP contribution in [0.5, 0.6) is 0 Å². The highest BCUT2D eigenvalue weighted by atomic mass is 16.6. The number of hydrogen-bond acceptors (Lipinski definition) is 5. The van der Waals surface area contributed by atoms with Crippen molar-refractivity contribution in [2.45, 2.75) is 19.8 Å². The van der Waals surface area contributed by atoms with Gasteiger partial charge < -0.3 is 9.47 Å². The number of esters is 3. The van der Waals surface area contributed by atoms with Gasteiger partial charge in [-0.1, -0.05) is 6.92 Å².